The van der Waals surface area contributed by atoms with Crippen molar-refractivity contribution in [3.8, 4) is 0 Å². The van der Waals surface area contributed by atoms with Gasteiger partial charge in [-0.25, -0.2) is 8.78 Å². The summed E-state index contributed by atoms with van der Waals surface area (Å²) in [5.74, 6) is -2.92. The van der Waals surface area contributed by atoms with Gasteiger partial charge in [0.1, 0.15) is 5.82 Å². The normalized spacial score (nSPS) is 18.8. The first kappa shape index (κ1) is 10.4. The molecule has 1 heterocycles. The zero-order valence-electron chi connectivity index (χ0n) is 8.87. The second kappa shape index (κ2) is 3.35. The molecule has 88 valence electrons. The van der Waals surface area contributed by atoms with Crippen molar-refractivity contribution in [1.82, 2.24) is 0 Å². The minimum absolute atomic E-state index is 0.0618. The number of anilines is 1. The van der Waals surface area contributed by atoms with E-state index in [1.54, 1.807) is 0 Å². The van der Waals surface area contributed by atoms with E-state index in [0.29, 0.717) is 18.5 Å². The van der Waals surface area contributed by atoms with Crippen LogP contribution in [0.15, 0.2) is 12.1 Å². The summed E-state index contributed by atoms with van der Waals surface area (Å²) in [6, 6.07) is 1.62. The number of hydrogen-bond donors (Lipinski definition) is 0. The van der Waals surface area contributed by atoms with E-state index in [0.717, 1.165) is 23.8 Å². The smallest absolute Gasteiger partial charge is 0.299 e. The Kier molecular flexibility index (Phi) is 2.05. The molecule has 3 nitrogen and oxygen atoms in total. The first-order valence-electron chi connectivity index (χ1n) is 5.43. The molecular formula is C12H9F2NO2. The molecule has 0 spiro atoms. The summed E-state index contributed by atoms with van der Waals surface area (Å²) < 4.78 is 26.6. The SMILES string of the molecule is O=C1C(=O)N(CC2CC2)c2c(F)cc(F)cc21. The maximum absolute atomic E-state index is 13.6. The summed E-state index contributed by atoms with van der Waals surface area (Å²) in [6.45, 7) is 0.347. The van der Waals surface area contributed by atoms with Crippen molar-refractivity contribution in [1.29, 1.82) is 0 Å². The van der Waals surface area contributed by atoms with Gasteiger partial charge in [0.15, 0.2) is 5.82 Å². The minimum Gasteiger partial charge on any atom is -0.302 e. The number of halogens is 2. The van der Waals surface area contributed by atoms with Crippen LogP contribution in [-0.4, -0.2) is 18.2 Å². The average Bonchev–Trinajstić information content (AvgIpc) is 3.04. The van der Waals surface area contributed by atoms with Crippen LogP contribution >= 0.6 is 0 Å². The molecule has 17 heavy (non-hydrogen) atoms. The van der Waals surface area contributed by atoms with E-state index in [4.69, 9.17) is 0 Å². The first-order chi connectivity index (χ1) is 8.08. The Morgan fingerprint density at radius 1 is 1.24 bits per heavy atom. The third-order valence-electron chi connectivity index (χ3n) is 3.12. The molecule has 1 aliphatic carbocycles. The maximum Gasteiger partial charge on any atom is 0.299 e. The zero-order valence-corrected chi connectivity index (χ0v) is 8.87. The minimum atomic E-state index is -0.847. The van der Waals surface area contributed by atoms with Crippen molar-refractivity contribution < 1.29 is 18.4 Å². The molecule has 1 aromatic rings. The van der Waals surface area contributed by atoms with E-state index in [1.807, 2.05) is 0 Å². The van der Waals surface area contributed by atoms with Gasteiger partial charge >= 0.3 is 0 Å². The Balaban J connectivity index is 2.10. The molecule has 1 amide bonds. The van der Waals surface area contributed by atoms with Gasteiger partial charge in [-0.3, -0.25) is 9.59 Å². The number of rotatable bonds is 2. The highest BCUT2D eigenvalue weighted by atomic mass is 19.1. The van der Waals surface area contributed by atoms with Gasteiger partial charge in [-0.05, 0) is 24.8 Å². The number of amides is 1. The van der Waals surface area contributed by atoms with Gasteiger partial charge in [-0.1, -0.05) is 0 Å². The quantitative estimate of drug-likeness (QED) is 0.737. The summed E-state index contributed by atoms with van der Waals surface area (Å²) in [5, 5.41) is 0. The topological polar surface area (TPSA) is 37.4 Å². The highest BCUT2D eigenvalue weighted by molar-refractivity contribution is 6.52. The van der Waals surface area contributed by atoms with Crippen molar-refractivity contribution in [3.63, 3.8) is 0 Å². The van der Waals surface area contributed by atoms with Gasteiger partial charge in [0.25, 0.3) is 11.7 Å². The molecule has 0 unspecified atom stereocenters. The molecule has 1 aromatic carbocycles. The summed E-state index contributed by atoms with van der Waals surface area (Å²) in [7, 11) is 0. The van der Waals surface area contributed by atoms with Crippen molar-refractivity contribution in [2.75, 3.05) is 11.4 Å². The van der Waals surface area contributed by atoms with E-state index < -0.39 is 23.3 Å². The Morgan fingerprint density at radius 2 is 1.94 bits per heavy atom. The standard InChI is InChI=1S/C12H9F2NO2/c13-7-3-8-10(9(14)4-7)15(5-6-1-2-6)12(17)11(8)16/h3-4,6H,1-2,5H2. The molecule has 0 saturated heterocycles. The summed E-state index contributed by atoms with van der Waals surface area (Å²) in [5.41, 5.74) is -0.221. The van der Waals surface area contributed by atoms with E-state index in [1.165, 1.54) is 0 Å². The van der Waals surface area contributed by atoms with E-state index in [2.05, 4.69) is 0 Å². The van der Waals surface area contributed by atoms with E-state index >= 15 is 0 Å². The zero-order chi connectivity index (χ0) is 12.2. The third kappa shape index (κ3) is 1.53. The second-order valence-corrected chi connectivity index (χ2v) is 4.47. The van der Waals surface area contributed by atoms with E-state index in [9.17, 15) is 18.4 Å². The van der Waals surface area contributed by atoms with Gasteiger partial charge in [0.05, 0.1) is 11.3 Å². The lowest BCUT2D eigenvalue weighted by Gasteiger charge is -2.16. The number of carbonyl (C=O) groups is 2. The van der Waals surface area contributed by atoms with Crippen LogP contribution in [-0.2, 0) is 4.79 Å². The van der Waals surface area contributed by atoms with Crippen LogP contribution in [0.25, 0.3) is 0 Å². The largest absolute Gasteiger partial charge is 0.302 e. The lowest BCUT2D eigenvalue weighted by atomic mass is 10.1. The molecule has 0 bridgehead atoms. The van der Waals surface area contributed by atoms with Crippen LogP contribution in [0.5, 0.6) is 0 Å². The van der Waals surface area contributed by atoms with Crippen molar-refractivity contribution in [2.45, 2.75) is 12.8 Å². The van der Waals surface area contributed by atoms with E-state index in [-0.39, 0.29) is 11.3 Å². The maximum atomic E-state index is 13.6. The molecule has 0 radical (unpaired) electrons. The highest BCUT2D eigenvalue weighted by Gasteiger charge is 2.41. The van der Waals surface area contributed by atoms with Crippen LogP contribution in [0.2, 0.25) is 0 Å². The molecule has 1 saturated carbocycles. The van der Waals surface area contributed by atoms with Crippen LogP contribution in [0, 0.1) is 17.6 Å². The molecule has 1 fully saturated rings. The molecule has 0 aromatic heterocycles. The number of Topliss-reactive ketones (excluding diaryl/α,β-unsaturated/α-hetero) is 1. The van der Waals surface area contributed by atoms with Gasteiger partial charge in [-0.15, -0.1) is 0 Å². The lowest BCUT2D eigenvalue weighted by Crippen LogP contribution is -2.32. The van der Waals surface area contributed by atoms with Crippen molar-refractivity contribution in [2.24, 2.45) is 5.92 Å². The van der Waals surface area contributed by atoms with Crippen molar-refractivity contribution in [3.05, 3.63) is 29.3 Å². The number of nitrogens with zero attached hydrogens (tertiary/aromatic N) is 1. The lowest BCUT2D eigenvalue weighted by molar-refractivity contribution is -0.114. The van der Waals surface area contributed by atoms with Gasteiger partial charge < -0.3 is 4.90 Å². The fraction of sp³-hybridized carbons (Fsp3) is 0.333. The number of carbonyl (C=O) groups excluding carboxylic acids is 2. The summed E-state index contributed by atoms with van der Waals surface area (Å²) in [4.78, 5) is 24.4. The molecule has 3 rings (SSSR count). The number of fused-ring (bicyclic) bond motifs is 1. The van der Waals surface area contributed by atoms with Gasteiger partial charge in [0.2, 0.25) is 0 Å². The third-order valence-corrected chi connectivity index (χ3v) is 3.12. The van der Waals surface area contributed by atoms with Crippen LogP contribution in [0.4, 0.5) is 14.5 Å². The van der Waals surface area contributed by atoms with Crippen LogP contribution in [0.3, 0.4) is 0 Å². The summed E-state index contributed by atoms with van der Waals surface area (Å²) in [6.07, 6.45) is 1.96. The van der Waals surface area contributed by atoms with Crippen LogP contribution in [0.1, 0.15) is 23.2 Å². The number of hydrogen-bond acceptors (Lipinski definition) is 2. The molecule has 1 aliphatic heterocycles. The Bertz CT molecular complexity index is 538. The fourth-order valence-electron chi connectivity index (χ4n) is 2.09. The summed E-state index contributed by atoms with van der Waals surface area (Å²) >= 11 is 0. The number of benzene rings is 1. The molecular weight excluding hydrogens is 228 g/mol. The predicted octanol–water partition coefficient (Wildman–Crippen LogP) is 1.90. The molecule has 2 aliphatic rings. The fourth-order valence-corrected chi connectivity index (χ4v) is 2.09. The first-order valence-corrected chi connectivity index (χ1v) is 5.43. The number of ketones is 1. The second-order valence-electron chi connectivity index (χ2n) is 4.47. The Hall–Kier alpha value is -1.78. The molecule has 5 heteroatoms. The average molecular weight is 237 g/mol. The molecule has 0 atom stereocenters. The monoisotopic (exact) mass is 237 g/mol. The Labute approximate surface area is 96.0 Å². The van der Waals surface area contributed by atoms with Crippen LogP contribution < -0.4 is 4.90 Å². The van der Waals surface area contributed by atoms with Gasteiger partial charge in [0, 0.05) is 12.6 Å². The van der Waals surface area contributed by atoms with Crippen molar-refractivity contribution >= 4 is 17.4 Å². The Morgan fingerprint density at radius 3 is 2.59 bits per heavy atom. The highest BCUT2D eigenvalue weighted by Crippen LogP contribution is 2.37. The molecule has 0 N–H and O–H groups in total. The van der Waals surface area contributed by atoms with Gasteiger partial charge in [-0.2, -0.15) is 0 Å². The predicted molar refractivity (Wildman–Crippen MR) is 55.8 cm³/mol.